The largest absolute Gasteiger partial charge is 0.457 e. The van der Waals surface area contributed by atoms with Crippen molar-refractivity contribution in [1.29, 1.82) is 0 Å². The minimum atomic E-state index is 0.511. The lowest BCUT2D eigenvalue weighted by Crippen LogP contribution is -2.00. The van der Waals surface area contributed by atoms with Gasteiger partial charge in [-0.2, -0.15) is 0 Å². The normalized spacial score (nSPS) is 11.1. The summed E-state index contributed by atoms with van der Waals surface area (Å²) in [5.41, 5.74) is 3.76. The van der Waals surface area contributed by atoms with Crippen molar-refractivity contribution in [3.05, 3.63) is 151 Å². The Labute approximate surface area is 282 Å². The van der Waals surface area contributed by atoms with Crippen LogP contribution in [0, 0.1) is 13.8 Å². The van der Waals surface area contributed by atoms with E-state index in [2.05, 4.69) is 32.1 Å². The standard InChI is InChI=1S/C40H29N5O4/c1-26-18-30(22-32(20-26)48-38-8-3-5-14-41-38)46-28-10-12-34-35-13-11-29(25-37(35)45(36(34)24-28)40-43-16-7-17-44-40)47-31-19-27(2)21-33(23-31)49-39-9-4-6-15-42-39/h3-25H,1-2H3. The van der Waals surface area contributed by atoms with Crippen LogP contribution in [-0.2, 0) is 0 Å². The van der Waals surface area contributed by atoms with Crippen LogP contribution in [0.25, 0.3) is 27.8 Å². The van der Waals surface area contributed by atoms with Crippen LogP contribution in [0.15, 0.2) is 140 Å². The monoisotopic (exact) mass is 643 g/mol. The molecule has 0 fully saturated rings. The minimum absolute atomic E-state index is 0.511. The van der Waals surface area contributed by atoms with E-state index in [1.165, 1.54) is 0 Å². The summed E-state index contributed by atoms with van der Waals surface area (Å²) in [6, 6.07) is 36.4. The predicted molar refractivity (Wildman–Crippen MR) is 187 cm³/mol. The van der Waals surface area contributed by atoms with E-state index >= 15 is 0 Å². The maximum absolute atomic E-state index is 6.40. The van der Waals surface area contributed by atoms with Crippen LogP contribution >= 0.6 is 0 Å². The third-order valence-electron chi connectivity index (χ3n) is 7.70. The van der Waals surface area contributed by atoms with E-state index in [-0.39, 0.29) is 0 Å². The molecule has 0 spiro atoms. The highest BCUT2D eigenvalue weighted by Crippen LogP contribution is 2.38. The fourth-order valence-corrected chi connectivity index (χ4v) is 5.72. The smallest absolute Gasteiger partial charge is 0.234 e. The molecule has 4 aromatic carbocycles. The molecule has 4 aromatic heterocycles. The molecule has 0 saturated heterocycles. The zero-order valence-corrected chi connectivity index (χ0v) is 26.6. The highest BCUT2D eigenvalue weighted by Gasteiger charge is 2.17. The van der Waals surface area contributed by atoms with Crippen molar-refractivity contribution in [2.24, 2.45) is 0 Å². The molecule has 0 saturated carbocycles. The summed E-state index contributed by atoms with van der Waals surface area (Å²) in [6.45, 7) is 3.99. The van der Waals surface area contributed by atoms with Crippen LogP contribution < -0.4 is 18.9 Å². The molecule has 0 N–H and O–H groups in total. The van der Waals surface area contributed by atoms with Gasteiger partial charge >= 0.3 is 0 Å². The van der Waals surface area contributed by atoms with Crippen LogP contribution in [0.1, 0.15) is 11.1 Å². The van der Waals surface area contributed by atoms with Gasteiger partial charge in [0.15, 0.2) is 0 Å². The second-order valence-corrected chi connectivity index (χ2v) is 11.4. The zero-order valence-electron chi connectivity index (χ0n) is 26.6. The lowest BCUT2D eigenvalue weighted by Gasteiger charge is -2.11. The van der Waals surface area contributed by atoms with Gasteiger partial charge in [-0.15, -0.1) is 0 Å². The van der Waals surface area contributed by atoms with Gasteiger partial charge in [0.05, 0.1) is 11.0 Å². The second kappa shape index (κ2) is 12.8. The molecule has 0 unspecified atom stereocenters. The van der Waals surface area contributed by atoms with Gasteiger partial charge in [-0.1, -0.05) is 12.1 Å². The summed E-state index contributed by atoms with van der Waals surface area (Å²) in [5.74, 6) is 5.41. The van der Waals surface area contributed by atoms with Crippen molar-refractivity contribution in [3.63, 3.8) is 0 Å². The first-order chi connectivity index (χ1) is 24.0. The van der Waals surface area contributed by atoms with E-state index in [4.69, 9.17) is 18.9 Å². The van der Waals surface area contributed by atoms with E-state index in [9.17, 15) is 0 Å². The van der Waals surface area contributed by atoms with Gasteiger partial charge in [0.2, 0.25) is 17.7 Å². The predicted octanol–water partition coefficient (Wildman–Crippen LogP) is 10.1. The second-order valence-electron chi connectivity index (χ2n) is 11.4. The van der Waals surface area contributed by atoms with Crippen LogP contribution in [-0.4, -0.2) is 24.5 Å². The summed E-state index contributed by atoms with van der Waals surface area (Å²) in [7, 11) is 0. The number of hydrogen-bond donors (Lipinski definition) is 0. The van der Waals surface area contributed by atoms with Gasteiger partial charge in [0.1, 0.15) is 34.5 Å². The van der Waals surface area contributed by atoms with Crippen LogP contribution in [0.3, 0.4) is 0 Å². The van der Waals surface area contributed by atoms with Crippen molar-refractivity contribution >= 4 is 21.8 Å². The lowest BCUT2D eigenvalue weighted by atomic mass is 10.1. The fourth-order valence-electron chi connectivity index (χ4n) is 5.72. The van der Waals surface area contributed by atoms with E-state index < -0.39 is 0 Å². The third-order valence-corrected chi connectivity index (χ3v) is 7.70. The summed E-state index contributed by atoms with van der Waals surface area (Å²) in [6.07, 6.45) is 6.85. The first-order valence-corrected chi connectivity index (χ1v) is 15.7. The van der Waals surface area contributed by atoms with Crippen molar-refractivity contribution < 1.29 is 18.9 Å². The number of aromatic nitrogens is 5. The Morgan fingerprint density at radius 1 is 0.408 bits per heavy atom. The molecule has 9 nitrogen and oxygen atoms in total. The van der Waals surface area contributed by atoms with Crippen molar-refractivity contribution in [3.8, 4) is 52.2 Å². The summed E-state index contributed by atoms with van der Waals surface area (Å²) in [4.78, 5) is 17.7. The summed E-state index contributed by atoms with van der Waals surface area (Å²) >= 11 is 0. The molecule has 0 aliphatic carbocycles. The zero-order chi connectivity index (χ0) is 33.2. The molecule has 49 heavy (non-hydrogen) atoms. The number of aryl methyl sites for hydroxylation is 2. The van der Waals surface area contributed by atoms with Gasteiger partial charge in [-0.3, -0.25) is 4.57 Å². The van der Waals surface area contributed by atoms with E-state index in [0.717, 1.165) is 32.9 Å². The van der Waals surface area contributed by atoms with Gasteiger partial charge < -0.3 is 18.9 Å². The maximum Gasteiger partial charge on any atom is 0.234 e. The quantitative estimate of drug-likeness (QED) is 0.153. The minimum Gasteiger partial charge on any atom is -0.457 e. The number of ether oxygens (including phenoxy) is 4. The van der Waals surface area contributed by atoms with Crippen molar-refractivity contribution in [2.75, 3.05) is 0 Å². The Kier molecular flexibility index (Phi) is 7.75. The Bertz CT molecular complexity index is 2270. The Morgan fingerprint density at radius 2 is 0.857 bits per heavy atom. The molecule has 0 atom stereocenters. The van der Waals surface area contributed by atoms with Crippen LogP contribution in [0.2, 0.25) is 0 Å². The average Bonchev–Trinajstić information content (AvgIpc) is 3.42. The average molecular weight is 644 g/mol. The van der Waals surface area contributed by atoms with Crippen LogP contribution in [0.5, 0.6) is 46.3 Å². The molecule has 0 aliphatic rings. The molecular weight excluding hydrogens is 614 g/mol. The van der Waals surface area contributed by atoms with Crippen LogP contribution in [0.4, 0.5) is 0 Å². The highest BCUT2D eigenvalue weighted by atomic mass is 16.5. The van der Waals surface area contributed by atoms with E-state index in [1.54, 1.807) is 30.9 Å². The Hall–Kier alpha value is -6.74. The Balaban J connectivity index is 1.15. The number of rotatable bonds is 9. The molecule has 0 radical (unpaired) electrons. The SMILES string of the molecule is Cc1cc(Oc2ccc3c4ccc(Oc5cc(C)cc(Oc6ccccn6)c5)cc4n(-c4ncccn4)c3c2)cc(Oc2ccccn2)c1. The van der Waals surface area contributed by atoms with Crippen molar-refractivity contribution in [2.45, 2.75) is 13.8 Å². The number of fused-ring (bicyclic) bond motifs is 3. The summed E-state index contributed by atoms with van der Waals surface area (Å²) < 4.78 is 26.8. The molecule has 0 aliphatic heterocycles. The molecule has 238 valence electrons. The number of benzene rings is 4. The molecule has 8 aromatic rings. The molecule has 0 bridgehead atoms. The first kappa shape index (κ1) is 29.6. The molecule has 4 heterocycles. The van der Waals surface area contributed by atoms with E-state index in [0.29, 0.717) is 52.2 Å². The third kappa shape index (κ3) is 6.45. The highest BCUT2D eigenvalue weighted by molar-refractivity contribution is 6.09. The number of hydrogen-bond acceptors (Lipinski definition) is 8. The van der Waals surface area contributed by atoms with Gasteiger partial charge in [-0.25, -0.2) is 19.9 Å². The lowest BCUT2D eigenvalue weighted by molar-refractivity contribution is 0.448. The number of nitrogens with zero attached hydrogens (tertiary/aromatic N) is 5. The number of pyridine rings is 2. The van der Waals surface area contributed by atoms with Crippen molar-refractivity contribution in [1.82, 2.24) is 24.5 Å². The molecular formula is C40H29N5O4. The topological polar surface area (TPSA) is 93.4 Å². The first-order valence-electron chi connectivity index (χ1n) is 15.7. The summed E-state index contributed by atoms with van der Waals surface area (Å²) in [5, 5.41) is 2.04. The molecule has 0 amide bonds. The maximum atomic E-state index is 6.40. The molecule has 9 heteroatoms. The van der Waals surface area contributed by atoms with Gasteiger partial charge in [-0.05, 0) is 91.7 Å². The Morgan fingerprint density at radius 3 is 1.31 bits per heavy atom. The fraction of sp³-hybridized carbons (Fsp3) is 0.0500. The van der Waals surface area contributed by atoms with Gasteiger partial charge in [0, 0.05) is 72.0 Å². The molecule has 8 rings (SSSR count). The van der Waals surface area contributed by atoms with E-state index in [1.807, 2.05) is 115 Å². The van der Waals surface area contributed by atoms with Gasteiger partial charge in [0.25, 0.3) is 0 Å².